The van der Waals surface area contributed by atoms with Crippen LogP contribution >= 0.6 is 11.8 Å². The molecule has 0 radical (unpaired) electrons. The Balaban J connectivity index is 3.78. The van der Waals surface area contributed by atoms with E-state index in [9.17, 15) is 4.79 Å². The van der Waals surface area contributed by atoms with Gasteiger partial charge in [-0.3, -0.25) is 4.79 Å². The van der Waals surface area contributed by atoms with Crippen LogP contribution in [0.1, 0.15) is 27.2 Å². The van der Waals surface area contributed by atoms with E-state index >= 15 is 0 Å². The lowest BCUT2D eigenvalue weighted by atomic mass is 10.0. The van der Waals surface area contributed by atoms with Crippen molar-refractivity contribution in [2.24, 2.45) is 5.92 Å². The van der Waals surface area contributed by atoms with Gasteiger partial charge in [-0.05, 0) is 25.1 Å². The summed E-state index contributed by atoms with van der Waals surface area (Å²) in [4.78, 5) is 10.8. The molecule has 0 fully saturated rings. The number of aliphatic carboxylic acids is 1. The molecule has 2 atom stereocenters. The Hall–Kier alpha value is -0.220. The van der Waals surface area contributed by atoms with Crippen LogP contribution in [0.25, 0.3) is 0 Å². The van der Waals surface area contributed by atoms with E-state index in [0.717, 1.165) is 13.0 Å². The molecule has 0 aromatic rings. The van der Waals surface area contributed by atoms with Crippen molar-refractivity contribution >= 4 is 17.7 Å². The predicted molar refractivity (Wildman–Crippen MR) is 61.9 cm³/mol. The second-order valence-electron chi connectivity index (χ2n) is 3.85. The summed E-state index contributed by atoms with van der Waals surface area (Å²) in [5.74, 6) is -0.617. The van der Waals surface area contributed by atoms with Crippen LogP contribution in [-0.4, -0.2) is 35.2 Å². The summed E-state index contributed by atoms with van der Waals surface area (Å²) >= 11 is 1.81. The summed E-state index contributed by atoms with van der Waals surface area (Å²) < 4.78 is 0. The molecule has 0 saturated carbocycles. The third-order valence-corrected chi connectivity index (χ3v) is 3.29. The molecule has 0 aromatic heterocycles. The average Bonchev–Trinajstić information content (AvgIpc) is 2.10. The van der Waals surface area contributed by atoms with E-state index in [0.29, 0.717) is 5.25 Å². The van der Waals surface area contributed by atoms with Crippen LogP contribution in [0.2, 0.25) is 0 Å². The number of hydrogen-bond acceptors (Lipinski definition) is 3. The van der Waals surface area contributed by atoms with Crippen LogP contribution in [0.15, 0.2) is 0 Å². The van der Waals surface area contributed by atoms with E-state index < -0.39 is 12.0 Å². The fourth-order valence-electron chi connectivity index (χ4n) is 1.17. The van der Waals surface area contributed by atoms with E-state index in [1.807, 2.05) is 13.8 Å². The molecule has 0 saturated heterocycles. The quantitative estimate of drug-likeness (QED) is 0.686. The Morgan fingerprint density at radius 2 is 2.00 bits per heavy atom. The first-order valence-corrected chi connectivity index (χ1v) is 6.26. The maximum Gasteiger partial charge on any atom is 0.320 e. The van der Waals surface area contributed by atoms with Gasteiger partial charge in [-0.1, -0.05) is 20.8 Å². The minimum absolute atomic E-state index is 0.136. The predicted octanol–water partition coefficient (Wildman–Crippen LogP) is 1.83. The lowest BCUT2D eigenvalue weighted by Gasteiger charge is -2.18. The monoisotopic (exact) mass is 219 g/mol. The van der Waals surface area contributed by atoms with Crippen molar-refractivity contribution in [1.82, 2.24) is 5.32 Å². The fraction of sp³-hybridized carbons (Fsp3) is 0.900. The lowest BCUT2D eigenvalue weighted by molar-refractivity contribution is -0.140. The number of rotatable bonds is 7. The van der Waals surface area contributed by atoms with Gasteiger partial charge in [0.2, 0.25) is 0 Å². The first-order valence-electron chi connectivity index (χ1n) is 4.98. The molecular formula is C10H21NO2S. The van der Waals surface area contributed by atoms with Crippen molar-refractivity contribution < 1.29 is 9.90 Å². The van der Waals surface area contributed by atoms with Crippen LogP contribution in [0.4, 0.5) is 0 Å². The third-order valence-electron chi connectivity index (χ3n) is 2.25. The highest BCUT2D eigenvalue weighted by molar-refractivity contribution is 7.99. The van der Waals surface area contributed by atoms with Gasteiger partial charge in [-0.2, -0.15) is 11.8 Å². The molecule has 0 bridgehead atoms. The van der Waals surface area contributed by atoms with Crippen LogP contribution in [-0.2, 0) is 4.79 Å². The molecule has 0 heterocycles. The number of thioether (sulfide) groups is 1. The van der Waals surface area contributed by atoms with Gasteiger partial charge in [0.05, 0.1) is 0 Å². The number of carbonyl (C=O) groups is 1. The smallest absolute Gasteiger partial charge is 0.320 e. The zero-order valence-corrected chi connectivity index (χ0v) is 10.2. The van der Waals surface area contributed by atoms with E-state index in [-0.39, 0.29) is 5.92 Å². The van der Waals surface area contributed by atoms with Crippen molar-refractivity contribution in [3.63, 3.8) is 0 Å². The Labute approximate surface area is 90.7 Å². The molecule has 0 spiro atoms. The molecule has 0 aromatic carbocycles. The molecule has 0 aliphatic heterocycles. The van der Waals surface area contributed by atoms with Crippen molar-refractivity contribution in [2.75, 3.05) is 12.8 Å². The second kappa shape index (κ2) is 7.12. The lowest BCUT2D eigenvalue weighted by Crippen LogP contribution is -2.41. The second-order valence-corrected chi connectivity index (χ2v) is 5.13. The normalized spacial score (nSPS) is 15.5. The number of hydrogen-bond donors (Lipinski definition) is 2. The maximum atomic E-state index is 10.8. The summed E-state index contributed by atoms with van der Waals surface area (Å²) in [6.07, 6.45) is 3.08. The maximum absolute atomic E-state index is 10.8. The first-order chi connectivity index (χ1) is 6.49. The van der Waals surface area contributed by atoms with Crippen molar-refractivity contribution in [3.8, 4) is 0 Å². The molecule has 0 rings (SSSR count). The Bertz CT molecular complexity index is 174. The van der Waals surface area contributed by atoms with E-state index in [1.165, 1.54) is 0 Å². The van der Waals surface area contributed by atoms with Gasteiger partial charge in [0, 0.05) is 5.25 Å². The number of carboxylic acids is 1. The molecule has 84 valence electrons. The average molecular weight is 219 g/mol. The van der Waals surface area contributed by atoms with Gasteiger partial charge in [-0.25, -0.2) is 0 Å². The summed E-state index contributed by atoms with van der Waals surface area (Å²) in [6.45, 7) is 6.77. The van der Waals surface area contributed by atoms with Gasteiger partial charge in [0.1, 0.15) is 6.04 Å². The summed E-state index contributed by atoms with van der Waals surface area (Å²) in [5, 5.41) is 12.6. The van der Waals surface area contributed by atoms with Crippen molar-refractivity contribution in [1.29, 1.82) is 0 Å². The van der Waals surface area contributed by atoms with Gasteiger partial charge in [-0.15, -0.1) is 0 Å². The van der Waals surface area contributed by atoms with Crippen LogP contribution in [0.5, 0.6) is 0 Å². The van der Waals surface area contributed by atoms with Gasteiger partial charge < -0.3 is 10.4 Å². The van der Waals surface area contributed by atoms with E-state index in [1.54, 1.807) is 11.8 Å². The van der Waals surface area contributed by atoms with Gasteiger partial charge >= 0.3 is 5.97 Å². The number of nitrogens with one attached hydrogen (secondary N) is 1. The highest BCUT2D eigenvalue weighted by Gasteiger charge is 2.20. The SMILES string of the molecule is CSC(C)CCNC(C(=O)O)C(C)C. The minimum Gasteiger partial charge on any atom is -0.480 e. The van der Waals surface area contributed by atoms with E-state index in [4.69, 9.17) is 5.11 Å². The fourth-order valence-corrected chi connectivity index (χ4v) is 1.52. The zero-order valence-electron chi connectivity index (χ0n) is 9.41. The standard InChI is InChI=1S/C10H21NO2S/c1-7(2)9(10(12)13)11-6-5-8(3)14-4/h7-9,11H,5-6H2,1-4H3,(H,12,13). The van der Waals surface area contributed by atoms with Crippen LogP contribution in [0, 0.1) is 5.92 Å². The topological polar surface area (TPSA) is 49.3 Å². The summed E-state index contributed by atoms with van der Waals surface area (Å²) in [7, 11) is 0. The first kappa shape index (κ1) is 13.8. The Kier molecular flexibility index (Phi) is 7.01. The van der Waals surface area contributed by atoms with Crippen molar-refractivity contribution in [2.45, 2.75) is 38.5 Å². The Morgan fingerprint density at radius 1 is 1.43 bits per heavy atom. The molecule has 4 heteroatoms. The summed E-state index contributed by atoms with van der Waals surface area (Å²) in [5.41, 5.74) is 0. The number of carboxylic acid groups (broad SMARTS) is 1. The molecule has 0 aliphatic rings. The van der Waals surface area contributed by atoms with Crippen molar-refractivity contribution in [3.05, 3.63) is 0 Å². The molecule has 14 heavy (non-hydrogen) atoms. The van der Waals surface area contributed by atoms with Gasteiger partial charge in [0.25, 0.3) is 0 Å². The molecule has 3 nitrogen and oxygen atoms in total. The molecule has 0 aliphatic carbocycles. The summed E-state index contributed by atoms with van der Waals surface area (Å²) in [6, 6.07) is -0.413. The highest BCUT2D eigenvalue weighted by Crippen LogP contribution is 2.09. The molecule has 2 N–H and O–H groups in total. The minimum atomic E-state index is -0.753. The largest absolute Gasteiger partial charge is 0.480 e. The molecular weight excluding hydrogens is 198 g/mol. The van der Waals surface area contributed by atoms with E-state index in [2.05, 4.69) is 18.5 Å². The van der Waals surface area contributed by atoms with Crippen LogP contribution < -0.4 is 5.32 Å². The highest BCUT2D eigenvalue weighted by atomic mass is 32.2. The van der Waals surface area contributed by atoms with Gasteiger partial charge in [0.15, 0.2) is 0 Å². The zero-order chi connectivity index (χ0) is 11.1. The Morgan fingerprint density at radius 3 is 2.36 bits per heavy atom. The van der Waals surface area contributed by atoms with Crippen LogP contribution in [0.3, 0.4) is 0 Å². The molecule has 2 unspecified atom stereocenters. The third kappa shape index (κ3) is 5.50. The molecule has 0 amide bonds.